The van der Waals surface area contributed by atoms with E-state index in [0.29, 0.717) is 22.5 Å². The Bertz CT molecular complexity index is 1740. The highest BCUT2D eigenvalue weighted by Crippen LogP contribution is 2.67. The van der Waals surface area contributed by atoms with Crippen LogP contribution in [0.2, 0.25) is 5.28 Å². The van der Waals surface area contributed by atoms with E-state index < -0.39 is 24.1 Å². The molecule has 0 amide bonds. The van der Waals surface area contributed by atoms with E-state index in [9.17, 15) is 9.90 Å². The molecule has 4 fully saturated rings. The summed E-state index contributed by atoms with van der Waals surface area (Å²) in [6.07, 6.45) is 18.8. The standard InChI is InChI=1S/C41H58ClN5O5/c1-8-41(32(48)20-33(52-41)47-22-44-34-35(43)45-37(42)46-36(34)47)21-50-38(49)51-27-15-17-39(6)26(19-27)11-12-28-30-14-13-29(40(30,7)18-16-31(28)39)25(5)10-9-24(4)23(2)3/h1,11,22-25,27-33,48H,9-10,12-21H2,2-7H3,(H2,43,45,46)/t24-,25-,27+,28+,29-,30+,31+,32+,33-,39+,40-,41-/m1/s1. The molecule has 3 heterocycles. The highest BCUT2D eigenvalue weighted by atomic mass is 35.5. The molecule has 0 aromatic carbocycles. The van der Waals surface area contributed by atoms with Crippen molar-refractivity contribution in [2.45, 2.75) is 136 Å². The maximum atomic E-state index is 13.1. The molecule has 3 N–H and O–H groups in total. The molecule has 0 unspecified atom stereocenters. The summed E-state index contributed by atoms with van der Waals surface area (Å²) in [5.74, 6) is 8.05. The topological polar surface area (TPSA) is 135 Å². The molecule has 284 valence electrons. The third-order valence-corrected chi connectivity index (χ3v) is 15.2. The van der Waals surface area contributed by atoms with Crippen LogP contribution in [-0.2, 0) is 14.2 Å². The summed E-state index contributed by atoms with van der Waals surface area (Å²) < 4.78 is 19.2. The van der Waals surface area contributed by atoms with E-state index in [2.05, 4.69) is 68.5 Å². The number of ether oxygens (including phenoxy) is 3. The number of nitrogens with two attached hydrogens (primary N) is 1. The van der Waals surface area contributed by atoms with Crippen molar-refractivity contribution in [2.75, 3.05) is 12.3 Å². The lowest BCUT2D eigenvalue weighted by molar-refractivity contribution is -0.103. The van der Waals surface area contributed by atoms with Gasteiger partial charge in [0.25, 0.3) is 0 Å². The van der Waals surface area contributed by atoms with E-state index in [1.807, 2.05) is 0 Å². The number of nitrogen functional groups attached to an aromatic ring is 1. The lowest BCUT2D eigenvalue weighted by Gasteiger charge is -2.58. The highest BCUT2D eigenvalue weighted by Gasteiger charge is 2.59. The Morgan fingerprint density at radius 3 is 2.69 bits per heavy atom. The van der Waals surface area contributed by atoms with E-state index in [4.69, 9.17) is 38.0 Å². The summed E-state index contributed by atoms with van der Waals surface area (Å²) in [7, 11) is 0. The van der Waals surface area contributed by atoms with E-state index in [1.54, 1.807) is 4.57 Å². The van der Waals surface area contributed by atoms with Crippen LogP contribution in [0.4, 0.5) is 10.6 Å². The fourth-order valence-electron chi connectivity index (χ4n) is 11.4. The van der Waals surface area contributed by atoms with Crippen molar-refractivity contribution >= 4 is 34.7 Å². The van der Waals surface area contributed by atoms with Crippen LogP contribution < -0.4 is 5.73 Å². The van der Waals surface area contributed by atoms with Gasteiger partial charge in [-0.25, -0.2) is 9.78 Å². The zero-order valence-electron chi connectivity index (χ0n) is 31.8. The SMILES string of the molecule is C#C[C@]1(COC(=O)O[C@H]2CC[C@@]3(C)C(=CC[C@H]4[C@@H]5CC[C@H]([C@H](C)CC[C@@H](C)C(C)C)[C@@]5(C)CC[C@@H]43)C2)O[C@@H](n2cnc3c(N)nc(Cl)nc32)C[C@@H]1O. The quantitative estimate of drug-likeness (QED) is 0.112. The predicted octanol–water partition coefficient (Wildman–Crippen LogP) is 8.52. The first kappa shape index (κ1) is 37.4. The number of fused-ring (bicyclic) bond motifs is 6. The molecule has 0 bridgehead atoms. The van der Waals surface area contributed by atoms with E-state index >= 15 is 0 Å². The van der Waals surface area contributed by atoms with Crippen molar-refractivity contribution in [1.29, 1.82) is 0 Å². The summed E-state index contributed by atoms with van der Waals surface area (Å²) in [6.45, 7) is 14.5. The van der Waals surface area contributed by atoms with Crippen molar-refractivity contribution in [3.05, 3.63) is 23.3 Å². The van der Waals surface area contributed by atoms with Gasteiger partial charge in [0.15, 0.2) is 17.1 Å². The van der Waals surface area contributed by atoms with Gasteiger partial charge in [-0.15, -0.1) is 6.42 Å². The van der Waals surface area contributed by atoms with Crippen molar-refractivity contribution < 1.29 is 24.1 Å². The number of allylic oxidation sites excluding steroid dienone is 1. The van der Waals surface area contributed by atoms with Gasteiger partial charge in [-0.05, 0) is 109 Å². The van der Waals surface area contributed by atoms with Crippen LogP contribution in [0.25, 0.3) is 11.2 Å². The molecule has 3 saturated carbocycles. The number of anilines is 1. The third-order valence-electron chi connectivity index (χ3n) is 15.0. The Balaban J connectivity index is 0.952. The Labute approximate surface area is 314 Å². The summed E-state index contributed by atoms with van der Waals surface area (Å²) in [4.78, 5) is 25.5. The van der Waals surface area contributed by atoms with Crippen molar-refractivity contribution in [1.82, 2.24) is 19.5 Å². The Hall–Kier alpha value is -2.87. The fourth-order valence-corrected chi connectivity index (χ4v) is 11.6. The monoisotopic (exact) mass is 735 g/mol. The van der Waals surface area contributed by atoms with E-state index in [1.165, 1.54) is 50.4 Å². The van der Waals surface area contributed by atoms with Crippen LogP contribution in [-0.4, -0.2) is 55.2 Å². The lowest BCUT2D eigenvalue weighted by atomic mass is 9.47. The van der Waals surface area contributed by atoms with E-state index in [0.717, 1.165) is 61.2 Å². The maximum Gasteiger partial charge on any atom is 0.508 e. The number of hydrogen-bond donors (Lipinski definition) is 2. The van der Waals surface area contributed by atoms with Gasteiger partial charge in [0.2, 0.25) is 5.28 Å². The van der Waals surface area contributed by atoms with Gasteiger partial charge >= 0.3 is 6.16 Å². The first-order valence-corrected chi connectivity index (χ1v) is 20.1. The number of nitrogens with zero attached hydrogens (tertiary/aromatic N) is 4. The van der Waals surface area contributed by atoms with Crippen LogP contribution >= 0.6 is 11.6 Å². The molecule has 5 aliphatic rings. The zero-order chi connectivity index (χ0) is 37.2. The molecule has 4 aliphatic carbocycles. The second kappa shape index (κ2) is 14.1. The molecule has 7 rings (SSSR count). The molecule has 1 aliphatic heterocycles. The molecule has 0 spiro atoms. The van der Waals surface area contributed by atoms with Gasteiger partial charge in [-0.3, -0.25) is 4.57 Å². The number of rotatable bonds is 9. The molecule has 12 atom stereocenters. The molecular formula is C41H58ClN5O5. The minimum absolute atomic E-state index is 0.0391. The molecule has 52 heavy (non-hydrogen) atoms. The minimum Gasteiger partial charge on any atom is -0.431 e. The number of imidazole rings is 1. The molecule has 2 aromatic heterocycles. The van der Waals surface area contributed by atoms with Gasteiger partial charge in [-0.1, -0.05) is 72.0 Å². The number of carbonyl (C=O) groups excluding carboxylic acids is 1. The average Bonchev–Trinajstić information content (AvgIpc) is 3.79. The first-order valence-electron chi connectivity index (χ1n) is 19.7. The summed E-state index contributed by atoms with van der Waals surface area (Å²) in [6, 6.07) is 0. The number of terminal acetylenes is 1. The van der Waals surface area contributed by atoms with Gasteiger partial charge in [-0.2, -0.15) is 9.97 Å². The highest BCUT2D eigenvalue weighted by molar-refractivity contribution is 6.28. The number of carbonyl (C=O) groups is 1. The Kier molecular flexibility index (Phi) is 10.1. The Morgan fingerprint density at radius 1 is 1.15 bits per heavy atom. The molecule has 2 aromatic rings. The van der Waals surface area contributed by atoms with Crippen LogP contribution in [0.1, 0.15) is 118 Å². The molecule has 0 radical (unpaired) electrons. The van der Waals surface area contributed by atoms with Crippen LogP contribution in [0.15, 0.2) is 18.0 Å². The largest absolute Gasteiger partial charge is 0.508 e. The minimum atomic E-state index is -1.58. The van der Waals surface area contributed by atoms with E-state index in [-0.39, 0.29) is 35.6 Å². The first-order chi connectivity index (χ1) is 24.7. The normalized spacial score (nSPS) is 38.2. The summed E-state index contributed by atoms with van der Waals surface area (Å²) in [5, 5.41) is 11.0. The zero-order valence-corrected chi connectivity index (χ0v) is 32.6. The molecule has 10 nitrogen and oxygen atoms in total. The molecular weight excluding hydrogens is 678 g/mol. The third kappa shape index (κ3) is 6.41. The second-order valence-corrected chi connectivity index (χ2v) is 18.2. The van der Waals surface area contributed by atoms with Gasteiger partial charge in [0, 0.05) is 12.8 Å². The van der Waals surface area contributed by atoms with Gasteiger partial charge < -0.3 is 25.1 Å². The predicted molar refractivity (Wildman–Crippen MR) is 201 cm³/mol. The lowest BCUT2D eigenvalue weighted by Crippen LogP contribution is -2.51. The number of aliphatic hydroxyl groups excluding tert-OH is 1. The summed E-state index contributed by atoms with van der Waals surface area (Å²) in [5.41, 5.74) is 7.12. The number of hydrogen-bond acceptors (Lipinski definition) is 9. The van der Waals surface area contributed by atoms with Crippen molar-refractivity contribution in [2.24, 2.45) is 52.3 Å². The smallest absolute Gasteiger partial charge is 0.431 e. The fraction of sp³-hybridized carbons (Fsp3) is 0.756. The second-order valence-electron chi connectivity index (χ2n) is 17.8. The maximum absolute atomic E-state index is 13.1. The Morgan fingerprint density at radius 2 is 1.94 bits per heavy atom. The van der Waals surface area contributed by atoms with Crippen molar-refractivity contribution in [3.8, 4) is 12.3 Å². The van der Waals surface area contributed by atoms with Gasteiger partial charge in [0.05, 0.1) is 6.33 Å². The van der Waals surface area contributed by atoms with Crippen LogP contribution in [0, 0.1) is 64.6 Å². The number of halogens is 1. The summed E-state index contributed by atoms with van der Waals surface area (Å²) >= 11 is 6.03. The van der Waals surface area contributed by atoms with Gasteiger partial charge in [0.1, 0.15) is 30.6 Å². The molecule has 11 heteroatoms. The number of aliphatic hydroxyl groups is 1. The van der Waals surface area contributed by atoms with Crippen LogP contribution in [0.5, 0.6) is 0 Å². The number of aromatic nitrogens is 4. The van der Waals surface area contributed by atoms with Crippen molar-refractivity contribution in [3.63, 3.8) is 0 Å². The van der Waals surface area contributed by atoms with Crippen LogP contribution in [0.3, 0.4) is 0 Å². The average molecular weight is 736 g/mol. The molecule has 1 saturated heterocycles.